The Kier molecular flexibility index (Phi) is 10.4. The van der Waals surface area contributed by atoms with E-state index in [2.05, 4.69) is 15.9 Å². The fourth-order valence-electron chi connectivity index (χ4n) is 3.62. The first-order valence-corrected chi connectivity index (χ1v) is 12.2. The first-order valence-electron chi connectivity index (χ1n) is 11.3. The molecule has 0 bridgehead atoms. The zero-order valence-corrected chi connectivity index (χ0v) is 21.2. The third-order valence-corrected chi connectivity index (χ3v) is 6.17. The molecule has 1 heterocycles. The van der Waals surface area contributed by atoms with Crippen molar-refractivity contribution in [1.29, 1.82) is 0 Å². The van der Waals surface area contributed by atoms with Gasteiger partial charge in [0.05, 0.1) is 26.7 Å². The predicted octanol–water partition coefficient (Wildman–Crippen LogP) is 3.73. The van der Waals surface area contributed by atoms with Crippen LogP contribution in [0.15, 0.2) is 60.7 Å². The van der Waals surface area contributed by atoms with Crippen molar-refractivity contribution < 1.29 is 38.1 Å². The summed E-state index contributed by atoms with van der Waals surface area (Å²) >= 11 is 3.46. The molecule has 0 radical (unpaired) electrons. The van der Waals surface area contributed by atoms with E-state index in [1.165, 1.54) is 14.0 Å². The van der Waals surface area contributed by atoms with Gasteiger partial charge in [0.1, 0.15) is 23.0 Å². The van der Waals surface area contributed by atoms with Crippen LogP contribution < -0.4 is 0 Å². The van der Waals surface area contributed by atoms with Crippen molar-refractivity contribution in [1.82, 2.24) is 0 Å². The number of ketones is 1. The highest BCUT2D eigenvalue weighted by Gasteiger charge is 2.52. The average Bonchev–Trinajstić information content (AvgIpc) is 2.87. The van der Waals surface area contributed by atoms with Gasteiger partial charge in [0, 0.05) is 6.42 Å². The molecule has 1 saturated heterocycles. The van der Waals surface area contributed by atoms with Gasteiger partial charge in [0.15, 0.2) is 12.2 Å². The molecular formula is C26H29BrO8. The number of hydrogen-bond acceptors (Lipinski definition) is 8. The summed E-state index contributed by atoms with van der Waals surface area (Å²) in [6.45, 7) is 1.82. The molecule has 1 aliphatic rings. The molecular weight excluding hydrogens is 520 g/mol. The lowest BCUT2D eigenvalue weighted by Crippen LogP contribution is -2.61. The Hall–Kier alpha value is -2.59. The summed E-state index contributed by atoms with van der Waals surface area (Å²) in [5.41, 5.74) is 1.82. The normalized spacial score (nSPS) is 23.9. The lowest BCUT2D eigenvalue weighted by Gasteiger charge is -2.43. The number of carbonyl (C=O) groups excluding carboxylic acids is 3. The average molecular weight is 549 g/mol. The molecule has 0 amide bonds. The molecule has 0 unspecified atom stereocenters. The van der Waals surface area contributed by atoms with Crippen molar-refractivity contribution in [3.63, 3.8) is 0 Å². The smallest absolute Gasteiger partial charge is 0.339 e. The van der Waals surface area contributed by atoms with Gasteiger partial charge in [-0.05, 0) is 18.1 Å². The summed E-state index contributed by atoms with van der Waals surface area (Å²) in [5.74, 6) is -1.51. The van der Waals surface area contributed by atoms with Crippen LogP contribution in [0.5, 0.6) is 0 Å². The molecule has 0 saturated carbocycles. The monoisotopic (exact) mass is 548 g/mol. The number of carbonyl (C=O) groups is 3. The largest absolute Gasteiger partial charge is 0.467 e. The second-order valence-electron chi connectivity index (χ2n) is 8.11. The van der Waals surface area contributed by atoms with Crippen LogP contribution in [-0.2, 0) is 51.3 Å². The van der Waals surface area contributed by atoms with Crippen LogP contribution in [0.2, 0.25) is 0 Å². The Morgan fingerprint density at radius 3 is 1.89 bits per heavy atom. The first-order chi connectivity index (χ1) is 16.9. The fourth-order valence-corrected chi connectivity index (χ4v) is 4.31. The van der Waals surface area contributed by atoms with Crippen LogP contribution in [0.25, 0.3) is 0 Å². The molecule has 1 fully saturated rings. The molecule has 1 aliphatic heterocycles. The van der Waals surface area contributed by atoms with Crippen molar-refractivity contribution in [2.75, 3.05) is 7.11 Å². The van der Waals surface area contributed by atoms with Gasteiger partial charge in [-0.1, -0.05) is 76.6 Å². The van der Waals surface area contributed by atoms with Crippen LogP contribution >= 0.6 is 15.9 Å². The molecule has 0 aliphatic carbocycles. The Morgan fingerprint density at radius 2 is 1.37 bits per heavy atom. The highest BCUT2D eigenvalue weighted by atomic mass is 79.9. The lowest BCUT2D eigenvalue weighted by molar-refractivity contribution is -0.242. The van der Waals surface area contributed by atoms with Gasteiger partial charge in [-0.3, -0.25) is 4.79 Å². The van der Waals surface area contributed by atoms with Gasteiger partial charge in [0.25, 0.3) is 0 Å². The SMILES string of the molecule is COC(=O)[C@H]1O[C@H](Br)[C@H](OCc2ccccc2)[C@@H](OCc2ccccc2)[C@@H]1OC(=O)CCC(C)=O. The highest BCUT2D eigenvalue weighted by molar-refractivity contribution is 9.09. The Labute approximate surface area is 213 Å². The van der Waals surface area contributed by atoms with Crippen molar-refractivity contribution in [2.45, 2.75) is 62.4 Å². The number of ether oxygens (including phenoxy) is 5. The van der Waals surface area contributed by atoms with Crippen molar-refractivity contribution in [3.05, 3.63) is 71.8 Å². The quantitative estimate of drug-likeness (QED) is 0.309. The number of rotatable bonds is 11. The molecule has 2 aromatic rings. The van der Waals surface area contributed by atoms with Crippen LogP contribution in [0.3, 0.4) is 0 Å². The maximum atomic E-state index is 12.6. The molecule has 0 spiro atoms. The van der Waals surface area contributed by atoms with E-state index in [-0.39, 0.29) is 31.8 Å². The Balaban J connectivity index is 1.86. The van der Waals surface area contributed by atoms with Gasteiger partial charge in [0.2, 0.25) is 0 Å². The minimum atomic E-state index is -1.25. The molecule has 8 nitrogen and oxygen atoms in total. The lowest BCUT2D eigenvalue weighted by atomic mass is 9.98. The van der Waals surface area contributed by atoms with E-state index < -0.39 is 41.4 Å². The van der Waals surface area contributed by atoms with E-state index in [0.29, 0.717) is 0 Å². The molecule has 35 heavy (non-hydrogen) atoms. The highest BCUT2D eigenvalue weighted by Crippen LogP contribution is 2.33. The molecule has 0 N–H and O–H groups in total. The number of benzene rings is 2. The number of esters is 2. The summed E-state index contributed by atoms with van der Waals surface area (Å²) in [4.78, 5) is 36.5. The standard InChI is InChI=1S/C26H29BrO8/c1-17(28)13-14-20(29)34-22-21(32-15-18-9-5-3-6-10-18)23(25(27)35-24(22)26(30)31-2)33-16-19-11-7-4-8-12-19/h3-12,21-25H,13-16H2,1-2H3/t21-,22-,23+,24-,25-/m0/s1. The van der Waals surface area contributed by atoms with Crippen molar-refractivity contribution in [3.8, 4) is 0 Å². The Morgan fingerprint density at radius 1 is 0.829 bits per heavy atom. The van der Waals surface area contributed by atoms with E-state index >= 15 is 0 Å². The second-order valence-corrected chi connectivity index (χ2v) is 9.01. The summed E-state index contributed by atoms with van der Waals surface area (Å²) < 4.78 is 28.8. The van der Waals surface area contributed by atoms with Crippen molar-refractivity contribution in [2.24, 2.45) is 0 Å². The number of halogens is 1. The van der Waals surface area contributed by atoms with E-state index in [0.717, 1.165) is 11.1 Å². The zero-order valence-electron chi connectivity index (χ0n) is 19.6. The predicted molar refractivity (Wildman–Crippen MR) is 129 cm³/mol. The van der Waals surface area contributed by atoms with E-state index in [1.807, 2.05) is 60.7 Å². The minimum Gasteiger partial charge on any atom is -0.467 e. The zero-order chi connectivity index (χ0) is 25.2. The second kappa shape index (κ2) is 13.5. The van der Waals surface area contributed by atoms with Crippen LogP contribution in [0.1, 0.15) is 30.9 Å². The molecule has 9 heteroatoms. The van der Waals surface area contributed by atoms with Crippen LogP contribution in [0.4, 0.5) is 0 Å². The number of hydrogen-bond donors (Lipinski definition) is 0. The topological polar surface area (TPSA) is 97.4 Å². The van der Waals surface area contributed by atoms with Gasteiger partial charge < -0.3 is 28.5 Å². The molecule has 3 rings (SSSR count). The molecule has 188 valence electrons. The third-order valence-electron chi connectivity index (χ3n) is 5.43. The van der Waals surface area contributed by atoms with E-state index in [9.17, 15) is 14.4 Å². The van der Waals surface area contributed by atoms with Gasteiger partial charge >= 0.3 is 11.9 Å². The van der Waals surface area contributed by atoms with Gasteiger partial charge in [-0.2, -0.15) is 0 Å². The van der Waals surface area contributed by atoms with Gasteiger partial charge in [-0.25, -0.2) is 4.79 Å². The van der Waals surface area contributed by atoms with E-state index in [1.54, 1.807) is 0 Å². The molecule has 0 aromatic heterocycles. The minimum absolute atomic E-state index is 0.0276. The van der Waals surface area contributed by atoms with Crippen LogP contribution in [-0.4, -0.2) is 54.3 Å². The van der Waals surface area contributed by atoms with Gasteiger partial charge in [-0.15, -0.1) is 0 Å². The summed E-state index contributed by atoms with van der Waals surface area (Å²) in [5, 5.41) is -0.747. The summed E-state index contributed by atoms with van der Waals surface area (Å²) in [7, 11) is 1.22. The number of alkyl halides is 1. The number of Topliss-reactive ketones (excluding diaryl/α,β-unsaturated/α-hetero) is 1. The Bertz CT molecular complexity index is 968. The molecule has 5 atom stereocenters. The number of methoxy groups -OCH3 is 1. The maximum Gasteiger partial charge on any atom is 0.339 e. The first kappa shape index (κ1) is 27.0. The summed E-state index contributed by atoms with van der Waals surface area (Å²) in [6.07, 6.45) is -4.10. The van der Waals surface area contributed by atoms with E-state index in [4.69, 9.17) is 23.7 Å². The van der Waals surface area contributed by atoms with Crippen LogP contribution in [0, 0.1) is 0 Å². The fraction of sp³-hybridized carbons (Fsp3) is 0.423. The van der Waals surface area contributed by atoms with Crippen molar-refractivity contribution >= 4 is 33.7 Å². The summed E-state index contributed by atoms with van der Waals surface area (Å²) in [6, 6.07) is 19.0. The maximum absolute atomic E-state index is 12.6. The third kappa shape index (κ3) is 7.96. The molecule has 2 aromatic carbocycles.